The van der Waals surface area contributed by atoms with E-state index in [4.69, 9.17) is 0 Å². The van der Waals surface area contributed by atoms with Gasteiger partial charge in [0.15, 0.2) is 0 Å². The fourth-order valence-electron chi connectivity index (χ4n) is 1.57. The highest BCUT2D eigenvalue weighted by Crippen LogP contribution is 2.19. The van der Waals surface area contributed by atoms with Crippen molar-refractivity contribution in [1.29, 1.82) is 0 Å². The van der Waals surface area contributed by atoms with E-state index in [1.807, 2.05) is 0 Å². The third-order valence-electron chi connectivity index (χ3n) is 2.87. The molecule has 5 heteroatoms. The Hall–Kier alpha value is 0.0700. The molecule has 2 N–H and O–H groups in total. The van der Waals surface area contributed by atoms with Crippen LogP contribution in [0.3, 0.4) is 0 Å². The summed E-state index contributed by atoms with van der Waals surface area (Å²) in [6.45, 7) is 6.01. The van der Waals surface area contributed by atoms with Crippen LogP contribution in [0.2, 0.25) is 0 Å². The smallest absolute Gasteiger partial charge is 0.237 e. The number of amides is 1. The molecule has 1 rings (SSSR count). The molecule has 0 aromatic carbocycles. The predicted octanol–water partition coefficient (Wildman–Crippen LogP) is 1.81. The predicted molar refractivity (Wildman–Crippen MR) is 73.5 cm³/mol. The van der Waals surface area contributed by atoms with Gasteiger partial charge in [0.05, 0.1) is 6.04 Å². The Bertz CT molecular complexity index is 218. The summed E-state index contributed by atoms with van der Waals surface area (Å²) in [7, 11) is 0. The molecule has 1 aliphatic rings. The number of halogens is 1. The Morgan fingerprint density at radius 2 is 2.19 bits per heavy atom. The van der Waals surface area contributed by atoms with Crippen molar-refractivity contribution in [2.45, 2.75) is 43.9 Å². The number of carbonyl (C=O) groups is 1. The van der Waals surface area contributed by atoms with E-state index in [9.17, 15) is 4.79 Å². The van der Waals surface area contributed by atoms with Gasteiger partial charge in [-0.2, -0.15) is 11.8 Å². The molecule has 0 radical (unpaired) electrons. The van der Waals surface area contributed by atoms with Crippen molar-refractivity contribution < 1.29 is 4.79 Å². The molecular formula is C11H23ClN2OS. The Labute approximate surface area is 109 Å². The number of piperidine rings is 1. The lowest BCUT2D eigenvalue weighted by atomic mass is 10.0. The average Bonchev–Trinajstić information content (AvgIpc) is 2.27. The Balaban J connectivity index is 0.00000225. The van der Waals surface area contributed by atoms with Gasteiger partial charge in [0, 0.05) is 11.3 Å². The van der Waals surface area contributed by atoms with Gasteiger partial charge in [0.1, 0.15) is 0 Å². The molecule has 0 spiro atoms. The van der Waals surface area contributed by atoms with Gasteiger partial charge in [-0.15, -0.1) is 12.4 Å². The van der Waals surface area contributed by atoms with E-state index >= 15 is 0 Å². The molecule has 1 amide bonds. The average molecular weight is 267 g/mol. The summed E-state index contributed by atoms with van der Waals surface area (Å²) in [5.74, 6) is 0.164. The van der Waals surface area contributed by atoms with Gasteiger partial charge in [-0.1, -0.05) is 6.42 Å². The first-order valence-electron chi connectivity index (χ1n) is 5.61. The van der Waals surface area contributed by atoms with Gasteiger partial charge in [0.25, 0.3) is 0 Å². The Morgan fingerprint density at radius 1 is 1.50 bits per heavy atom. The van der Waals surface area contributed by atoms with Crippen LogP contribution in [0, 0.1) is 0 Å². The molecule has 3 nitrogen and oxygen atoms in total. The number of thioether (sulfide) groups is 1. The SMILES string of the molecule is CSC(C)(C)CNC(=O)C1CCCCN1.Cl. The summed E-state index contributed by atoms with van der Waals surface area (Å²) < 4.78 is 0.129. The molecule has 0 aliphatic carbocycles. The molecule has 0 saturated carbocycles. The van der Waals surface area contributed by atoms with Crippen LogP contribution in [-0.2, 0) is 4.79 Å². The summed E-state index contributed by atoms with van der Waals surface area (Å²) in [6, 6.07) is 0.0383. The van der Waals surface area contributed by atoms with Crippen LogP contribution in [0.5, 0.6) is 0 Å². The summed E-state index contributed by atoms with van der Waals surface area (Å²) in [6.07, 6.45) is 5.41. The zero-order chi connectivity index (χ0) is 11.3. The van der Waals surface area contributed by atoms with Gasteiger partial charge in [-0.3, -0.25) is 4.79 Å². The Morgan fingerprint density at radius 3 is 2.69 bits per heavy atom. The van der Waals surface area contributed by atoms with Crippen LogP contribution in [0.15, 0.2) is 0 Å². The van der Waals surface area contributed by atoms with Crippen molar-refractivity contribution in [2.24, 2.45) is 0 Å². The molecule has 0 aromatic rings. The van der Waals surface area contributed by atoms with E-state index in [0.29, 0.717) is 0 Å². The molecule has 1 fully saturated rings. The topological polar surface area (TPSA) is 41.1 Å². The highest BCUT2D eigenvalue weighted by molar-refractivity contribution is 7.99. The van der Waals surface area contributed by atoms with Crippen LogP contribution in [0.25, 0.3) is 0 Å². The van der Waals surface area contributed by atoms with E-state index in [1.165, 1.54) is 6.42 Å². The normalized spacial score (nSPS) is 21.1. The summed E-state index contributed by atoms with van der Waals surface area (Å²) in [5.41, 5.74) is 0. The van der Waals surface area contributed by atoms with E-state index in [-0.39, 0.29) is 29.1 Å². The quantitative estimate of drug-likeness (QED) is 0.816. The highest BCUT2D eigenvalue weighted by atomic mass is 35.5. The van der Waals surface area contributed by atoms with E-state index in [1.54, 1.807) is 11.8 Å². The maximum absolute atomic E-state index is 11.8. The van der Waals surface area contributed by atoms with E-state index < -0.39 is 0 Å². The van der Waals surface area contributed by atoms with Crippen LogP contribution in [-0.4, -0.2) is 36.0 Å². The van der Waals surface area contributed by atoms with E-state index in [0.717, 1.165) is 25.9 Å². The second kappa shape index (κ2) is 7.41. The minimum absolute atomic E-state index is 0. The molecule has 1 aliphatic heterocycles. The van der Waals surface area contributed by atoms with Crippen molar-refractivity contribution in [3.8, 4) is 0 Å². The molecule has 1 heterocycles. The van der Waals surface area contributed by atoms with Crippen molar-refractivity contribution in [2.75, 3.05) is 19.3 Å². The zero-order valence-corrected chi connectivity index (χ0v) is 12.0. The molecule has 0 bridgehead atoms. The summed E-state index contributed by atoms with van der Waals surface area (Å²) >= 11 is 1.78. The molecular weight excluding hydrogens is 244 g/mol. The molecule has 16 heavy (non-hydrogen) atoms. The van der Waals surface area contributed by atoms with Crippen LogP contribution in [0.1, 0.15) is 33.1 Å². The van der Waals surface area contributed by atoms with Gasteiger partial charge in [0.2, 0.25) is 5.91 Å². The maximum Gasteiger partial charge on any atom is 0.237 e. The third-order valence-corrected chi connectivity index (χ3v) is 4.12. The number of rotatable bonds is 4. The standard InChI is InChI=1S/C11H22N2OS.ClH/c1-11(2,15-3)8-13-10(14)9-6-4-5-7-12-9;/h9,12H,4-8H2,1-3H3,(H,13,14);1H. The second-order valence-corrected chi connectivity index (χ2v) is 6.20. The molecule has 0 aromatic heterocycles. The highest BCUT2D eigenvalue weighted by Gasteiger charge is 2.23. The second-order valence-electron chi connectivity index (χ2n) is 4.68. The lowest BCUT2D eigenvalue weighted by Gasteiger charge is -2.26. The molecule has 1 unspecified atom stereocenters. The fraction of sp³-hybridized carbons (Fsp3) is 0.909. The number of carbonyl (C=O) groups excluding carboxylic acids is 1. The zero-order valence-electron chi connectivity index (χ0n) is 10.3. The fourth-order valence-corrected chi connectivity index (χ4v) is 1.79. The van der Waals surface area contributed by atoms with Gasteiger partial charge in [-0.05, 0) is 39.5 Å². The maximum atomic E-state index is 11.8. The lowest BCUT2D eigenvalue weighted by Crippen LogP contribution is -2.49. The first-order chi connectivity index (χ1) is 7.05. The first kappa shape index (κ1) is 16.1. The van der Waals surface area contributed by atoms with Crippen LogP contribution in [0.4, 0.5) is 0 Å². The van der Waals surface area contributed by atoms with Gasteiger partial charge < -0.3 is 10.6 Å². The number of hydrogen-bond donors (Lipinski definition) is 2. The molecule has 96 valence electrons. The van der Waals surface area contributed by atoms with Crippen molar-refractivity contribution >= 4 is 30.1 Å². The third kappa shape index (κ3) is 5.41. The molecule has 1 saturated heterocycles. The van der Waals surface area contributed by atoms with Crippen LogP contribution >= 0.6 is 24.2 Å². The summed E-state index contributed by atoms with van der Waals surface area (Å²) in [4.78, 5) is 11.8. The molecule has 1 atom stereocenters. The Kier molecular flexibility index (Phi) is 7.44. The lowest BCUT2D eigenvalue weighted by molar-refractivity contribution is -0.123. The summed E-state index contributed by atoms with van der Waals surface area (Å²) in [5, 5.41) is 6.28. The van der Waals surface area contributed by atoms with Crippen molar-refractivity contribution in [1.82, 2.24) is 10.6 Å². The first-order valence-corrected chi connectivity index (χ1v) is 6.84. The number of hydrogen-bond acceptors (Lipinski definition) is 3. The minimum atomic E-state index is 0. The van der Waals surface area contributed by atoms with Crippen LogP contribution < -0.4 is 10.6 Å². The van der Waals surface area contributed by atoms with Gasteiger partial charge >= 0.3 is 0 Å². The monoisotopic (exact) mass is 266 g/mol. The minimum Gasteiger partial charge on any atom is -0.353 e. The van der Waals surface area contributed by atoms with Crippen molar-refractivity contribution in [3.63, 3.8) is 0 Å². The van der Waals surface area contributed by atoms with Crippen molar-refractivity contribution in [3.05, 3.63) is 0 Å². The number of nitrogens with one attached hydrogen (secondary N) is 2. The van der Waals surface area contributed by atoms with E-state index in [2.05, 4.69) is 30.7 Å². The van der Waals surface area contributed by atoms with Gasteiger partial charge in [-0.25, -0.2) is 0 Å². The largest absolute Gasteiger partial charge is 0.353 e.